The van der Waals surface area contributed by atoms with Gasteiger partial charge in [0, 0.05) is 19.0 Å². The minimum Gasteiger partial charge on any atom is -0.376 e. The van der Waals surface area contributed by atoms with Crippen molar-refractivity contribution in [2.45, 2.75) is 51.2 Å². The first-order valence-corrected chi connectivity index (χ1v) is 7.26. The van der Waals surface area contributed by atoms with Crippen LogP contribution in [0.3, 0.4) is 0 Å². The van der Waals surface area contributed by atoms with E-state index in [0.29, 0.717) is 0 Å². The molecule has 3 atom stereocenters. The van der Waals surface area contributed by atoms with E-state index in [1.807, 2.05) is 27.3 Å². The SMILES string of the molecule is CNC(c1ccc(C)nc1)C1(OC)CCCC(C)C1. The maximum atomic E-state index is 6.00. The maximum absolute atomic E-state index is 6.00. The number of hydrogen-bond donors (Lipinski definition) is 1. The summed E-state index contributed by atoms with van der Waals surface area (Å²) in [6, 6.07) is 4.46. The predicted octanol–water partition coefficient (Wildman–Crippen LogP) is 3.25. The molecule has 3 heteroatoms. The van der Waals surface area contributed by atoms with Crippen LogP contribution in [0, 0.1) is 12.8 Å². The van der Waals surface area contributed by atoms with E-state index in [9.17, 15) is 0 Å². The minimum atomic E-state index is -0.0939. The summed E-state index contributed by atoms with van der Waals surface area (Å²) in [5, 5.41) is 3.45. The van der Waals surface area contributed by atoms with Crippen molar-refractivity contribution >= 4 is 0 Å². The molecule has 0 bridgehead atoms. The lowest BCUT2D eigenvalue weighted by molar-refractivity contribution is -0.0790. The molecule has 1 saturated carbocycles. The van der Waals surface area contributed by atoms with Gasteiger partial charge in [0.15, 0.2) is 0 Å². The smallest absolute Gasteiger partial charge is 0.0875 e. The van der Waals surface area contributed by atoms with Crippen molar-refractivity contribution in [2.75, 3.05) is 14.2 Å². The minimum absolute atomic E-state index is 0.0939. The topological polar surface area (TPSA) is 34.2 Å². The lowest BCUT2D eigenvalue weighted by Gasteiger charge is -2.44. The van der Waals surface area contributed by atoms with Crippen LogP contribution in [0.4, 0.5) is 0 Å². The van der Waals surface area contributed by atoms with Gasteiger partial charge in [0.1, 0.15) is 0 Å². The van der Waals surface area contributed by atoms with E-state index in [-0.39, 0.29) is 11.6 Å². The molecular formula is C16H26N2O. The molecule has 0 aliphatic heterocycles. The second-order valence-corrected chi connectivity index (χ2v) is 5.93. The Morgan fingerprint density at radius 2 is 2.26 bits per heavy atom. The molecule has 1 aliphatic rings. The summed E-state index contributed by atoms with van der Waals surface area (Å²) in [7, 11) is 3.87. The fourth-order valence-corrected chi connectivity index (χ4v) is 3.49. The molecule has 0 amide bonds. The number of pyridine rings is 1. The van der Waals surface area contributed by atoms with Gasteiger partial charge in [0.25, 0.3) is 0 Å². The molecule has 1 aliphatic carbocycles. The van der Waals surface area contributed by atoms with Gasteiger partial charge in [-0.3, -0.25) is 4.98 Å². The van der Waals surface area contributed by atoms with Crippen molar-refractivity contribution < 1.29 is 4.74 Å². The lowest BCUT2D eigenvalue weighted by atomic mass is 9.73. The zero-order valence-corrected chi connectivity index (χ0v) is 12.6. The van der Waals surface area contributed by atoms with Gasteiger partial charge in [0.05, 0.1) is 11.6 Å². The predicted molar refractivity (Wildman–Crippen MR) is 78.1 cm³/mol. The van der Waals surface area contributed by atoms with Crippen molar-refractivity contribution in [1.29, 1.82) is 0 Å². The summed E-state index contributed by atoms with van der Waals surface area (Å²) in [4.78, 5) is 4.43. The van der Waals surface area contributed by atoms with Gasteiger partial charge in [-0.1, -0.05) is 25.8 Å². The van der Waals surface area contributed by atoms with Gasteiger partial charge in [0.2, 0.25) is 0 Å². The number of nitrogens with zero attached hydrogens (tertiary/aromatic N) is 1. The Balaban J connectivity index is 2.30. The average molecular weight is 262 g/mol. The zero-order valence-electron chi connectivity index (χ0n) is 12.6. The Hall–Kier alpha value is -0.930. The average Bonchev–Trinajstić information content (AvgIpc) is 2.42. The molecule has 0 radical (unpaired) electrons. The molecule has 0 saturated heterocycles. The first-order chi connectivity index (χ1) is 9.11. The van der Waals surface area contributed by atoms with E-state index >= 15 is 0 Å². The van der Waals surface area contributed by atoms with E-state index in [2.05, 4.69) is 29.4 Å². The number of hydrogen-bond acceptors (Lipinski definition) is 3. The van der Waals surface area contributed by atoms with Crippen molar-refractivity contribution in [3.63, 3.8) is 0 Å². The molecule has 2 rings (SSSR count). The Kier molecular flexibility index (Phi) is 4.58. The second-order valence-electron chi connectivity index (χ2n) is 5.93. The molecule has 1 heterocycles. The summed E-state index contributed by atoms with van der Waals surface area (Å²) in [6.07, 6.45) is 6.77. The summed E-state index contributed by atoms with van der Waals surface area (Å²) in [5.41, 5.74) is 2.19. The number of aryl methyl sites for hydroxylation is 1. The molecule has 0 spiro atoms. The Bertz CT molecular complexity index is 404. The van der Waals surface area contributed by atoms with Crippen LogP contribution < -0.4 is 5.32 Å². The number of methoxy groups -OCH3 is 1. The van der Waals surface area contributed by atoms with Gasteiger partial charge in [-0.2, -0.15) is 0 Å². The molecular weight excluding hydrogens is 236 g/mol. The summed E-state index contributed by atoms with van der Waals surface area (Å²) >= 11 is 0. The number of ether oxygens (including phenoxy) is 1. The fraction of sp³-hybridized carbons (Fsp3) is 0.688. The standard InChI is InChI=1S/C16H26N2O/c1-12-6-5-9-16(10-12,19-4)15(17-3)14-8-7-13(2)18-11-14/h7-8,11-12,15,17H,5-6,9-10H2,1-4H3. The van der Waals surface area contributed by atoms with E-state index in [0.717, 1.165) is 24.5 Å². The highest BCUT2D eigenvalue weighted by atomic mass is 16.5. The number of nitrogens with one attached hydrogen (secondary N) is 1. The molecule has 3 unspecified atom stereocenters. The van der Waals surface area contributed by atoms with Crippen molar-refractivity contribution in [2.24, 2.45) is 5.92 Å². The van der Waals surface area contributed by atoms with Crippen LogP contribution in [0.15, 0.2) is 18.3 Å². The van der Waals surface area contributed by atoms with Crippen LogP contribution in [0.2, 0.25) is 0 Å². The van der Waals surface area contributed by atoms with E-state index in [4.69, 9.17) is 4.74 Å². The Labute approximate surface area is 116 Å². The lowest BCUT2D eigenvalue weighted by Crippen LogP contribution is -2.47. The Morgan fingerprint density at radius 3 is 2.79 bits per heavy atom. The van der Waals surface area contributed by atoms with Crippen LogP contribution >= 0.6 is 0 Å². The van der Waals surface area contributed by atoms with Crippen LogP contribution in [0.1, 0.15) is 49.9 Å². The second kappa shape index (κ2) is 6.02. The molecule has 3 nitrogen and oxygen atoms in total. The van der Waals surface area contributed by atoms with Crippen LogP contribution in [0.5, 0.6) is 0 Å². The molecule has 19 heavy (non-hydrogen) atoms. The van der Waals surface area contributed by atoms with E-state index in [1.165, 1.54) is 18.4 Å². The highest BCUT2D eigenvalue weighted by molar-refractivity contribution is 5.21. The van der Waals surface area contributed by atoms with Crippen molar-refractivity contribution in [1.82, 2.24) is 10.3 Å². The van der Waals surface area contributed by atoms with Gasteiger partial charge in [-0.15, -0.1) is 0 Å². The molecule has 1 fully saturated rings. The summed E-state index contributed by atoms with van der Waals surface area (Å²) in [5.74, 6) is 0.725. The number of likely N-dealkylation sites (N-methyl/N-ethyl adjacent to an activating group) is 1. The molecule has 1 aromatic rings. The van der Waals surface area contributed by atoms with Crippen LogP contribution in [0.25, 0.3) is 0 Å². The largest absolute Gasteiger partial charge is 0.376 e. The number of aromatic nitrogens is 1. The van der Waals surface area contributed by atoms with E-state index in [1.54, 1.807) is 0 Å². The monoisotopic (exact) mass is 262 g/mol. The summed E-state index contributed by atoms with van der Waals surface area (Å²) < 4.78 is 6.00. The third-order valence-corrected chi connectivity index (χ3v) is 4.48. The van der Waals surface area contributed by atoms with Crippen LogP contribution in [-0.4, -0.2) is 24.7 Å². The normalized spacial score (nSPS) is 29.2. The van der Waals surface area contributed by atoms with Gasteiger partial charge in [-0.05, 0) is 44.4 Å². The molecule has 0 aromatic carbocycles. The quantitative estimate of drug-likeness (QED) is 0.904. The van der Waals surface area contributed by atoms with Gasteiger partial charge >= 0.3 is 0 Å². The highest BCUT2D eigenvalue weighted by Crippen LogP contribution is 2.42. The van der Waals surface area contributed by atoms with Crippen LogP contribution in [-0.2, 0) is 4.74 Å². The highest BCUT2D eigenvalue weighted by Gasteiger charge is 2.42. The summed E-state index contributed by atoms with van der Waals surface area (Å²) in [6.45, 7) is 4.35. The zero-order chi connectivity index (χ0) is 13.9. The van der Waals surface area contributed by atoms with Gasteiger partial charge in [-0.25, -0.2) is 0 Å². The molecule has 106 valence electrons. The number of rotatable bonds is 4. The third-order valence-electron chi connectivity index (χ3n) is 4.48. The first kappa shape index (κ1) is 14.5. The third kappa shape index (κ3) is 2.98. The van der Waals surface area contributed by atoms with E-state index < -0.39 is 0 Å². The fourth-order valence-electron chi connectivity index (χ4n) is 3.49. The van der Waals surface area contributed by atoms with Crippen molar-refractivity contribution in [3.8, 4) is 0 Å². The Morgan fingerprint density at radius 1 is 1.47 bits per heavy atom. The maximum Gasteiger partial charge on any atom is 0.0875 e. The van der Waals surface area contributed by atoms with Gasteiger partial charge < -0.3 is 10.1 Å². The van der Waals surface area contributed by atoms with Crippen molar-refractivity contribution in [3.05, 3.63) is 29.6 Å². The molecule has 1 aromatic heterocycles. The first-order valence-electron chi connectivity index (χ1n) is 7.26. The molecule has 1 N–H and O–H groups in total.